The van der Waals surface area contributed by atoms with E-state index in [1.54, 1.807) is 0 Å². The summed E-state index contributed by atoms with van der Waals surface area (Å²) in [6, 6.07) is 5.86. The first-order valence-electron chi connectivity index (χ1n) is 6.49. The molecule has 2 heterocycles. The summed E-state index contributed by atoms with van der Waals surface area (Å²) in [5, 5.41) is 6.34. The van der Waals surface area contributed by atoms with Gasteiger partial charge in [0.2, 0.25) is 17.2 Å². The topological polar surface area (TPSA) is 75.6 Å². The fourth-order valence-corrected chi connectivity index (χ4v) is 1.77. The van der Waals surface area contributed by atoms with E-state index in [2.05, 4.69) is 37.5 Å². The summed E-state index contributed by atoms with van der Waals surface area (Å²) >= 11 is 5.88. The van der Waals surface area contributed by atoms with Crippen LogP contribution in [0.25, 0.3) is 0 Å². The van der Waals surface area contributed by atoms with Crippen molar-refractivity contribution in [2.45, 2.75) is 26.8 Å². The minimum absolute atomic E-state index is 0.165. The van der Waals surface area contributed by atoms with E-state index >= 15 is 0 Å². The fourth-order valence-electron chi connectivity index (χ4n) is 1.61. The van der Waals surface area contributed by atoms with E-state index in [0.29, 0.717) is 18.4 Å². The molecule has 0 fully saturated rings. The van der Waals surface area contributed by atoms with Crippen molar-refractivity contribution in [1.82, 2.24) is 19.9 Å². The lowest BCUT2D eigenvalue weighted by molar-refractivity contribution is 0.926. The second kappa shape index (κ2) is 7.00. The van der Waals surface area contributed by atoms with Gasteiger partial charge in [0.1, 0.15) is 0 Å². The number of nitrogens with zero attached hydrogens (tertiary/aromatic N) is 4. The van der Waals surface area contributed by atoms with Gasteiger partial charge in [-0.2, -0.15) is 15.0 Å². The molecule has 2 aromatic heterocycles. The van der Waals surface area contributed by atoms with Gasteiger partial charge in [-0.25, -0.2) is 0 Å². The number of pyridine rings is 1. The number of anilines is 2. The summed E-state index contributed by atoms with van der Waals surface area (Å²) in [4.78, 5) is 16.7. The molecule has 7 heteroatoms. The number of aromatic nitrogens is 4. The summed E-state index contributed by atoms with van der Waals surface area (Å²) in [6.45, 7) is 5.35. The Hall–Kier alpha value is -1.95. The van der Waals surface area contributed by atoms with Crippen molar-refractivity contribution < 1.29 is 0 Å². The van der Waals surface area contributed by atoms with Gasteiger partial charge in [0, 0.05) is 12.2 Å². The third kappa shape index (κ3) is 4.31. The third-order valence-electron chi connectivity index (χ3n) is 2.51. The molecule has 0 saturated heterocycles. The normalized spacial score (nSPS) is 10.3. The highest BCUT2D eigenvalue weighted by molar-refractivity contribution is 6.28. The molecule has 106 valence electrons. The Labute approximate surface area is 123 Å². The minimum atomic E-state index is 0.165. The first kappa shape index (κ1) is 14.5. The van der Waals surface area contributed by atoms with Crippen LogP contribution in [-0.2, 0) is 6.54 Å². The van der Waals surface area contributed by atoms with E-state index in [1.807, 2.05) is 25.1 Å². The van der Waals surface area contributed by atoms with E-state index in [0.717, 1.165) is 24.4 Å². The van der Waals surface area contributed by atoms with Crippen molar-refractivity contribution in [3.8, 4) is 0 Å². The van der Waals surface area contributed by atoms with Gasteiger partial charge in [0.25, 0.3) is 0 Å². The van der Waals surface area contributed by atoms with Crippen LogP contribution in [0.2, 0.25) is 5.28 Å². The zero-order valence-electron chi connectivity index (χ0n) is 11.5. The Kier molecular flexibility index (Phi) is 5.06. The predicted octanol–water partition coefficient (Wildman–Crippen LogP) is 2.66. The molecule has 0 spiro atoms. The molecule has 2 N–H and O–H groups in total. The van der Waals surface area contributed by atoms with E-state index < -0.39 is 0 Å². The number of nitrogens with one attached hydrogen (secondary N) is 2. The SMILES string of the molecule is CCCNc1nc(Cl)nc(NCc2cccc(C)n2)n1. The van der Waals surface area contributed by atoms with Gasteiger partial charge in [-0.1, -0.05) is 13.0 Å². The van der Waals surface area contributed by atoms with Crippen LogP contribution < -0.4 is 10.6 Å². The second-order valence-electron chi connectivity index (χ2n) is 4.30. The minimum Gasteiger partial charge on any atom is -0.354 e. The van der Waals surface area contributed by atoms with Crippen LogP contribution in [0.3, 0.4) is 0 Å². The molecule has 0 aromatic carbocycles. The lowest BCUT2D eigenvalue weighted by atomic mass is 10.3. The monoisotopic (exact) mass is 292 g/mol. The highest BCUT2D eigenvalue weighted by Gasteiger charge is 2.04. The maximum absolute atomic E-state index is 5.88. The standard InChI is InChI=1S/C13H17ClN6/c1-3-7-15-12-18-11(14)19-13(20-12)16-8-10-6-4-5-9(2)17-10/h4-6H,3,7-8H2,1-2H3,(H2,15,16,18,19,20). The van der Waals surface area contributed by atoms with Gasteiger partial charge in [-0.3, -0.25) is 4.98 Å². The Morgan fingerprint density at radius 1 is 1.05 bits per heavy atom. The van der Waals surface area contributed by atoms with Crippen LogP contribution in [0.1, 0.15) is 24.7 Å². The van der Waals surface area contributed by atoms with Gasteiger partial charge in [-0.05, 0) is 37.1 Å². The molecule has 0 amide bonds. The van der Waals surface area contributed by atoms with Crippen molar-refractivity contribution in [2.24, 2.45) is 0 Å². The third-order valence-corrected chi connectivity index (χ3v) is 2.68. The fraction of sp³-hybridized carbons (Fsp3) is 0.385. The summed E-state index contributed by atoms with van der Waals surface area (Å²) in [7, 11) is 0. The summed E-state index contributed by atoms with van der Waals surface area (Å²) in [5.74, 6) is 0.915. The second-order valence-corrected chi connectivity index (χ2v) is 4.64. The average Bonchev–Trinajstić information content (AvgIpc) is 2.42. The summed E-state index contributed by atoms with van der Waals surface area (Å²) in [6.07, 6.45) is 0.985. The van der Waals surface area contributed by atoms with Crippen LogP contribution >= 0.6 is 11.6 Å². The lowest BCUT2D eigenvalue weighted by Gasteiger charge is -2.07. The van der Waals surface area contributed by atoms with Crippen molar-refractivity contribution >= 4 is 23.5 Å². The lowest BCUT2D eigenvalue weighted by Crippen LogP contribution is -2.10. The van der Waals surface area contributed by atoms with E-state index in [4.69, 9.17) is 11.6 Å². The highest BCUT2D eigenvalue weighted by atomic mass is 35.5. The Bertz CT molecular complexity index is 575. The van der Waals surface area contributed by atoms with Gasteiger partial charge in [0.15, 0.2) is 0 Å². The van der Waals surface area contributed by atoms with Crippen LogP contribution in [-0.4, -0.2) is 26.5 Å². The molecular weight excluding hydrogens is 276 g/mol. The Balaban J connectivity index is 2.03. The molecule has 0 bridgehead atoms. The first-order valence-corrected chi connectivity index (χ1v) is 6.87. The number of hydrogen-bond acceptors (Lipinski definition) is 6. The predicted molar refractivity (Wildman–Crippen MR) is 79.9 cm³/mol. The Morgan fingerprint density at radius 2 is 1.80 bits per heavy atom. The molecule has 2 aromatic rings. The van der Waals surface area contributed by atoms with Crippen LogP contribution in [0, 0.1) is 6.92 Å². The number of hydrogen-bond donors (Lipinski definition) is 2. The zero-order valence-corrected chi connectivity index (χ0v) is 12.3. The smallest absolute Gasteiger partial charge is 0.229 e. The molecule has 0 radical (unpaired) electrons. The molecule has 20 heavy (non-hydrogen) atoms. The van der Waals surface area contributed by atoms with Crippen molar-refractivity contribution in [1.29, 1.82) is 0 Å². The summed E-state index contributed by atoms with van der Waals surface area (Å²) in [5.41, 5.74) is 1.90. The molecule has 6 nitrogen and oxygen atoms in total. The molecule has 0 aliphatic heterocycles. The number of halogens is 1. The number of rotatable bonds is 6. The van der Waals surface area contributed by atoms with Gasteiger partial charge in [0.05, 0.1) is 12.2 Å². The zero-order chi connectivity index (χ0) is 14.4. The average molecular weight is 293 g/mol. The van der Waals surface area contributed by atoms with Gasteiger partial charge < -0.3 is 10.6 Å². The van der Waals surface area contributed by atoms with Gasteiger partial charge in [-0.15, -0.1) is 0 Å². The van der Waals surface area contributed by atoms with Crippen LogP contribution in [0.15, 0.2) is 18.2 Å². The largest absolute Gasteiger partial charge is 0.354 e. The Morgan fingerprint density at radius 3 is 2.50 bits per heavy atom. The van der Waals surface area contributed by atoms with Crippen molar-refractivity contribution in [3.63, 3.8) is 0 Å². The van der Waals surface area contributed by atoms with Gasteiger partial charge >= 0.3 is 0 Å². The van der Waals surface area contributed by atoms with E-state index in [9.17, 15) is 0 Å². The molecule has 2 rings (SSSR count). The molecule has 0 aliphatic rings. The molecule has 0 saturated carbocycles. The number of aryl methyl sites for hydroxylation is 1. The van der Waals surface area contributed by atoms with E-state index in [-0.39, 0.29) is 5.28 Å². The van der Waals surface area contributed by atoms with Crippen molar-refractivity contribution in [3.05, 3.63) is 34.9 Å². The van der Waals surface area contributed by atoms with Crippen molar-refractivity contribution in [2.75, 3.05) is 17.2 Å². The molecule has 0 atom stereocenters. The van der Waals surface area contributed by atoms with Crippen LogP contribution in [0.4, 0.5) is 11.9 Å². The maximum atomic E-state index is 5.88. The molecule has 0 aliphatic carbocycles. The maximum Gasteiger partial charge on any atom is 0.229 e. The highest BCUT2D eigenvalue weighted by Crippen LogP contribution is 2.10. The molecular formula is C13H17ClN6. The molecule has 0 unspecified atom stereocenters. The quantitative estimate of drug-likeness (QED) is 0.852. The van der Waals surface area contributed by atoms with E-state index in [1.165, 1.54) is 0 Å². The van der Waals surface area contributed by atoms with Crippen LogP contribution in [0.5, 0.6) is 0 Å². The first-order chi connectivity index (χ1) is 9.67. The summed E-state index contributed by atoms with van der Waals surface area (Å²) < 4.78 is 0.